The molecule has 0 unspecified atom stereocenters. The summed E-state index contributed by atoms with van der Waals surface area (Å²) in [5.74, 6) is -1.13. The summed E-state index contributed by atoms with van der Waals surface area (Å²) in [5.41, 5.74) is -0.425. The molecule has 4 aromatic heterocycles. The van der Waals surface area contributed by atoms with Gasteiger partial charge in [0, 0.05) is 11.6 Å². The summed E-state index contributed by atoms with van der Waals surface area (Å²) in [5, 5.41) is 24.2. The zero-order valence-corrected chi connectivity index (χ0v) is 23.2. The minimum absolute atomic E-state index is 0.0106. The predicted octanol–water partition coefficient (Wildman–Crippen LogP) is 7.18. The molecule has 0 radical (unpaired) electrons. The first-order valence-corrected chi connectivity index (χ1v) is 13.0. The number of nitrogens with one attached hydrogen (secondary N) is 2. The van der Waals surface area contributed by atoms with E-state index in [0.717, 1.165) is 35.1 Å². The van der Waals surface area contributed by atoms with Crippen LogP contribution in [0.3, 0.4) is 0 Å². The summed E-state index contributed by atoms with van der Waals surface area (Å²) in [7, 11) is 0. The lowest BCUT2D eigenvalue weighted by Gasteiger charge is -2.19. The number of pyridine rings is 2. The van der Waals surface area contributed by atoms with Crippen LogP contribution in [-0.4, -0.2) is 34.4 Å². The maximum absolute atomic E-state index is 13.7. The van der Waals surface area contributed by atoms with Crippen molar-refractivity contribution in [2.75, 3.05) is 17.2 Å². The third-order valence-electron chi connectivity index (χ3n) is 4.51. The molecule has 2 N–H and O–H groups in total. The van der Waals surface area contributed by atoms with Crippen LogP contribution in [-0.2, 0) is 9.47 Å². The van der Waals surface area contributed by atoms with E-state index in [1.807, 2.05) is 12.1 Å². The normalized spacial score (nSPS) is 10.7. The van der Waals surface area contributed by atoms with Crippen LogP contribution in [0.15, 0.2) is 18.6 Å². The molecule has 15 heteroatoms. The van der Waals surface area contributed by atoms with Gasteiger partial charge >= 0.3 is 12.2 Å². The highest BCUT2D eigenvalue weighted by Gasteiger charge is 2.23. The minimum atomic E-state index is -0.727. The van der Waals surface area contributed by atoms with Crippen molar-refractivity contribution < 1.29 is 27.8 Å². The van der Waals surface area contributed by atoms with Crippen molar-refractivity contribution in [3.63, 3.8) is 0 Å². The smallest absolute Gasteiger partial charge is 0.412 e. The summed E-state index contributed by atoms with van der Waals surface area (Å²) >= 11 is 7.79. The van der Waals surface area contributed by atoms with E-state index in [9.17, 15) is 23.6 Å². The summed E-state index contributed by atoms with van der Waals surface area (Å²) in [4.78, 5) is 30.4. The van der Waals surface area contributed by atoms with E-state index in [-0.39, 0.29) is 47.7 Å². The summed E-state index contributed by atoms with van der Waals surface area (Å²) in [6.45, 7) is 7.02. The Morgan fingerprint density at radius 1 is 1.00 bits per heavy atom. The molecule has 0 aromatic carbocycles. The highest BCUT2D eigenvalue weighted by Crippen LogP contribution is 2.40. The third-order valence-corrected chi connectivity index (χ3v) is 7.03. The number of fused-ring (bicyclic) bond motifs is 2. The van der Waals surface area contributed by atoms with E-state index < -0.39 is 29.4 Å². The summed E-state index contributed by atoms with van der Waals surface area (Å²) in [6.07, 6.45) is 2.03. The summed E-state index contributed by atoms with van der Waals surface area (Å²) in [6, 6.07) is 3.83. The van der Waals surface area contributed by atoms with Gasteiger partial charge in [0.15, 0.2) is 11.6 Å². The molecule has 0 spiro atoms. The molecule has 0 bridgehead atoms. The molecule has 4 aromatic rings. The average Bonchev–Trinajstić information content (AvgIpc) is 3.39. The first-order chi connectivity index (χ1) is 18.4. The Balaban J connectivity index is 0.000000218. The number of anilines is 2. The van der Waals surface area contributed by atoms with E-state index in [4.69, 9.17) is 26.3 Å². The Morgan fingerprint density at radius 2 is 1.59 bits per heavy atom. The van der Waals surface area contributed by atoms with Gasteiger partial charge in [0.25, 0.3) is 0 Å². The van der Waals surface area contributed by atoms with Gasteiger partial charge in [-0.05, 0) is 27.7 Å². The quantitative estimate of drug-likeness (QED) is 0.237. The Kier molecular flexibility index (Phi) is 9.19. The van der Waals surface area contributed by atoms with Crippen molar-refractivity contribution >= 4 is 76.6 Å². The zero-order chi connectivity index (χ0) is 28.9. The molecular formula is C24H19ClF2N6O4S2. The first kappa shape index (κ1) is 29.4. The monoisotopic (exact) mass is 592 g/mol. The molecular weight excluding hydrogens is 574 g/mol. The molecule has 39 heavy (non-hydrogen) atoms. The topological polar surface area (TPSA) is 150 Å². The van der Waals surface area contributed by atoms with Crippen molar-refractivity contribution in [3.8, 4) is 12.1 Å². The molecule has 0 saturated heterocycles. The average molecular weight is 593 g/mol. The third kappa shape index (κ3) is 6.86. The predicted molar refractivity (Wildman–Crippen MR) is 144 cm³/mol. The Hall–Kier alpha value is -4.11. The fraction of sp³-hybridized carbons (Fsp3) is 0.250. The molecule has 0 aliphatic heterocycles. The van der Waals surface area contributed by atoms with Gasteiger partial charge in [0.1, 0.15) is 32.9 Å². The highest BCUT2D eigenvalue weighted by atomic mass is 35.5. The number of nitrogens with zero attached hydrogens (tertiary/aromatic N) is 4. The second-order valence-electron chi connectivity index (χ2n) is 8.41. The number of ether oxygens (including phenoxy) is 2. The fourth-order valence-corrected chi connectivity index (χ4v) is 5.41. The molecule has 4 heterocycles. The van der Waals surface area contributed by atoms with E-state index in [2.05, 4.69) is 20.6 Å². The van der Waals surface area contributed by atoms with Crippen molar-refractivity contribution in [1.29, 1.82) is 10.5 Å². The van der Waals surface area contributed by atoms with Crippen molar-refractivity contribution in [1.82, 2.24) is 9.97 Å². The number of amides is 2. The number of carbonyl (C=O) groups is 2. The largest absolute Gasteiger partial charge is 0.450 e. The standard InChI is InChI=1S/C13H11ClFN3O2S.C11H8FN3O2S/c1-13(2,3)20-12(19)18-11-6(4-16)8-9(21-11)7(15)5-17-10(8)14;1-2-17-11(16)15-10-6(3-13)7-4-14-5-8(12)9(7)18-10/h5H,1-3H3,(H,18,19);4-5H,2H2,1H3,(H,15,16). The SMILES string of the molecule is CC(C)(C)OC(=O)Nc1sc2c(F)cnc(Cl)c2c1C#N.CCOC(=O)Nc1sc2c(F)cncc2c1C#N. The zero-order valence-electron chi connectivity index (χ0n) is 20.8. The molecule has 202 valence electrons. The number of thiophene rings is 2. The van der Waals surface area contributed by atoms with Crippen molar-refractivity contribution in [2.45, 2.75) is 33.3 Å². The number of aromatic nitrogens is 2. The molecule has 0 aliphatic rings. The van der Waals surface area contributed by atoms with Crippen LogP contribution in [0.4, 0.5) is 28.4 Å². The number of nitriles is 2. The van der Waals surface area contributed by atoms with Gasteiger partial charge < -0.3 is 9.47 Å². The van der Waals surface area contributed by atoms with Crippen LogP contribution in [0.25, 0.3) is 20.2 Å². The second kappa shape index (κ2) is 12.2. The molecule has 4 rings (SSSR count). The number of halogens is 3. The van der Waals surface area contributed by atoms with Crippen LogP contribution in [0.2, 0.25) is 5.15 Å². The van der Waals surface area contributed by atoms with E-state index >= 15 is 0 Å². The van der Waals surface area contributed by atoms with Gasteiger partial charge in [-0.3, -0.25) is 15.6 Å². The number of hydrogen-bond donors (Lipinski definition) is 2. The van der Waals surface area contributed by atoms with Gasteiger partial charge in [-0.25, -0.2) is 23.4 Å². The second-order valence-corrected chi connectivity index (χ2v) is 10.8. The maximum atomic E-state index is 13.7. The lowest BCUT2D eigenvalue weighted by atomic mass is 10.2. The van der Waals surface area contributed by atoms with Gasteiger partial charge in [-0.1, -0.05) is 11.6 Å². The maximum Gasteiger partial charge on any atom is 0.412 e. The highest BCUT2D eigenvalue weighted by molar-refractivity contribution is 7.23. The summed E-state index contributed by atoms with van der Waals surface area (Å²) < 4.78 is 37.5. The Labute approximate surface area is 233 Å². The Morgan fingerprint density at radius 3 is 2.21 bits per heavy atom. The van der Waals surface area contributed by atoms with E-state index in [1.165, 1.54) is 6.20 Å². The number of hydrogen-bond acceptors (Lipinski definition) is 10. The van der Waals surface area contributed by atoms with Crippen LogP contribution >= 0.6 is 34.3 Å². The lowest BCUT2D eigenvalue weighted by Crippen LogP contribution is -2.27. The van der Waals surface area contributed by atoms with Crippen LogP contribution < -0.4 is 10.6 Å². The molecule has 0 saturated carbocycles. The van der Waals surface area contributed by atoms with E-state index in [0.29, 0.717) is 5.39 Å². The lowest BCUT2D eigenvalue weighted by molar-refractivity contribution is 0.0636. The van der Waals surface area contributed by atoms with Gasteiger partial charge in [0.05, 0.1) is 44.9 Å². The van der Waals surface area contributed by atoms with Crippen molar-refractivity contribution in [3.05, 3.63) is 46.5 Å². The molecule has 2 amide bonds. The van der Waals surface area contributed by atoms with Crippen LogP contribution in [0.1, 0.15) is 38.8 Å². The van der Waals surface area contributed by atoms with Crippen LogP contribution in [0, 0.1) is 34.3 Å². The fourth-order valence-electron chi connectivity index (χ4n) is 3.06. The number of carbonyl (C=O) groups excluding carboxylic acids is 2. The molecule has 0 atom stereocenters. The van der Waals surface area contributed by atoms with Gasteiger partial charge in [-0.2, -0.15) is 10.5 Å². The molecule has 10 nitrogen and oxygen atoms in total. The van der Waals surface area contributed by atoms with Gasteiger partial charge in [-0.15, -0.1) is 22.7 Å². The molecule has 0 fully saturated rings. The minimum Gasteiger partial charge on any atom is -0.450 e. The van der Waals surface area contributed by atoms with Gasteiger partial charge in [0.2, 0.25) is 0 Å². The van der Waals surface area contributed by atoms with Crippen LogP contribution in [0.5, 0.6) is 0 Å². The molecule has 0 aliphatic carbocycles. The van der Waals surface area contributed by atoms with Crippen molar-refractivity contribution in [2.24, 2.45) is 0 Å². The van der Waals surface area contributed by atoms with E-state index in [1.54, 1.807) is 27.7 Å². The first-order valence-electron chi connectivity index (χ1n) is 11.0. The number of rotatable bonds is 3. The Bertz CT molecular complexity index is 1650.